The number of hydrogen-bond donors (Lipinski definition) is 1. The van der Waals surface area contributed by atoms with Gasteiger partial charge in [0.25, 0.3) is 5.91 Å². The Labute approximate surface area is 129 Å². The van der Waals surface area contributed by atoms with Crippen LogP contribution in [0.3, 0.4) is 0 Å². The zero-order valence-electron chi connectivity index (χ0n) is 12.0. The van der Waals surface area contributed by atoms with Crippen LogP contribution < -0.4 is 10.1 Å². The van der Waals surface area contributed by atoms with Gasteiger partial charge in [-0.05, 0) is 43.7 Å². The summed E-state index contributed by atoms with van der Waals surface area (Å²) in [5.41, 5.74) is 1.49. The average Bonchev–Trinajstić information content (AvgIpc) is 2.48. The molecule has 0 atom stereocenters. The van der Waals surface area contributed by atoms with Gasteiger partial charge in [0.2, 0.25) is 0 Å². The van der Waals surface area contributed by atoms with Crippen LogP contribution in [0.15, 0.2) is 42.7 Å². The Bertz CT molecular complexity index is 615. The minimum Gasteiger partial charge on any atom is -0.489 e. The molecule has 5 heteroatoms. The first kappa shape index (κ1) is 15.3. The number of pyridine rings is 1. The van der Waals surface area contributed by atoms with Gasteiger partial charge in [-0.15, -0.1) is 0 Å². The minimum absolute atomic E-state index is 0.0692. The summed E-state index contributed by atoms with van der Waals surface area (Å²) in [4.78, 5) is 15.8. The molecule has 2 aromatic rings. The van der Waals surface area contributed by atoms with Gasteiger partial charge in [0.15, 0.2) is 0 Å². The molecule has 1 amide bonds. The van der Waals surface area contributed by atoms with Gasteiger partial charge in [0.05, 0.1) is 11.1 Å². The molecule has 21 heavy (non-hydrogen) atoms. The summed E-state index contributed by atoms with van der Waals surface area (Å²) < 4.78 is 5.57. The van der Waals surface area contributed by atoms with E-state index in [0.29, 0.717) is 22.9 Å². The molecule has 0 aliphatic rings. The lowest BCUT2D eigenvalue weighted by molar-refractivity contribution is 0.0951. The molecular weight excluding hydrogens is 288 g/mol. The molecule has 0 spiro atoms. The number of amides is 1. The second-order valence-corrected chi connectivity index (χ2v) is 5.26. The van der Waals surface area contributed by atoms with E-state index in [2.05, 4.69) is 10.3 Å². The monoisotopic (exact) mass is 304 g/mol. The number of nitrogens with one attached hydrogen (secondary N) is 1. The van der Waals surface area contributed by atoms with Crippen LogP contribution in [0.1, 0.15) is 29.8 Å². The Hall–Kier alpha value is -2.07. The highest BCUT2D eigenvalue weighted by Gasteiger charge is 2.07. The third-order valence-electron chi connectivity index (χ3n) is 2.75. The second kappa shape index (κ2) is 7.09. The van der Waals surface area contributed by atoms with Gasteiger partial charge in [-0.1, -0.05) is 17.7 Å². The number of halogens is 1. The van der Waals surface area contributed by atoms with Gasteiger partial charge in [0, 0.05) is 24.5 Å². The van der Waals surface area contributed by atoms with Gasteiger partial charge in [0.1, 0.15) is 5.75 Å². The molecule has 110 valence electrons. The standard InChI is InChI=1S/C16H17ClN2O2/c1-11(2)21-15-4-3-12(9-14(15)17)10-19-16(20)13-5-7-18-8-6-13/h3-9,11H,10H2,1-2H3,(H,19,20). The predicted molar refractivity (Wildman–Crippen MR) is 82.6 cm³/mol. The lowest BCUT2D eigenvalue weighted by Gasteiger charge is -2.12. The maximum atomic E-state index is 11.9. The Balaban J connectivity index is 1.98. The van der Waals surface area contributed by atoms with Gasteiger partial charge in [-0.25, -0.2) is 0 Å². The van der Waals surface area contributed by atoms with E-state index in [1.807, 2.05) is 26.0 Å². The maximum Gasteiger partial charge on any atom is 0.251 e. The number of carbonyl (C=O) groups is 1. The quantitative estimate of drug-likeness (QED) is 0.920. The molecule has 1 heterocycles. The minimum atomic E-state index is -0.143. The molecule has 1 N–H and O–H groups in total. The molecule has 2 rings (SSSR count). The highest BCUT2D eigenvalue weighted by atomic mass is 35.5. The van der Waals surface area contributed by atoms with E-state index in [-0.39, 0.29) is 12.0 Å². The lowest BCUT2D eigenvalue weighted by atomic mass is 10.2. The van der Waals surface area contributed by atoms with E-state index >= 15 is 0 Å². The number of benzene rings is 1. The van der Waals surface area contributed by atoms with Crippen molar-refractivity contribution in [2.45, 2.75) is 26.5 Å². The van der Waals surface area contributed by atoms with Crippen LogP contribution >= 0.6 is 11.6 Å². The summed E-state index contributed by atoms with van der Waals surface area (Å²) in [6, 6.07) is 8.84. The Morgan fingerprint density at radius 2 is 2.00 bits per heavy atom. The second-order valence-electron chi connectivity index (χ2n) is 4.85. The summed E-state index contributed by atoms with van der Waals surface area (Å²) in [5, 5.41) is 3.38. The fraction of sp³-hybridized carbons (Fsp3) is 0.250. The number of hydrogen-bond acceptors (Lipinski definition) is 3. The van der Waals surface area contributed by atoms with Crippen molar-refractivity contribution in [1.82, 2.24) is 10.3 Å². The smallest absolute Gasteiger partial charge is 0.251 e. The number of rotatable bonds is 5. The largest absolute Gasteiger partial charge is 0.489 e. The van der Waals surface area contributed by atoms with Crippen molar-refractivity contribution >= 4 is 17.5 Å². The van der Waals surface area contributed by atoms with Gasteiger partial charge < -0.3 is 10.1 Å². The molecule has 1 aromatic carbocycles. The van der Waals surface area contributed by atoms with E-state index in [1.54, 1.807) is 30.6 Å². The van der Waals surface area contributed by atoms with Crippen LogP contribution in [0.25, 0.3) is 0 Å². The molecule has 0 unspecified atom stereocenters. The molecule has 4 nitrogen and oxygen atoms in total. The predicted octanol–water partition coefficient (Wildman–Crippen LogP) is 3.45. The van der Waals surface area contributed by atoms with Crippen molar-refractivity contribution in [3.8, 4) is 5.75 Å². The van der Waals surface area contributed by atoms with Gasteiger partial charge in [-0.3, -0.25) is 9.78 Å². The highest BCUT2D eigenvalue weighted by molar-refractivity contribution is 6.32. The van der Waals surface area contributed by atoms with Gasteiger partial charge in [-0.2, -0.15) is 0 Å². The number of ether oxygens (including phenoxy) is 1. The third-order valence-corrected chi connectivity index (χ3v) is 3.05. The van der Waals surface area contributed by atoms with E-state index < -0.39 is 0 Å². The topological polar surface area (TPSA) is 51.2 Å². The first-order valence-corrected chi connectivity index (χ1v) is 7.07. The fourth-order valence-electron chi connectivity index (χ4n) is 1.79. The Morgan fingerprint density at radius 1 is 1.29 bits per heavy atom. The highest BCUT2D eigenvalue weighted by Crippen LogP contribution is 2.26. The van der Waals surface area contributed by atoms with Crippen LogP contribution in [-0.2, 0) is 6.54 Å². The van der Waals surface area contributed by atoms with Crippen LogP contribution in [-0.4, -0.2) is 17.0 Å². The van der Waals surface area contributed by atoms with E-state index in [1.165, 1.54) is 0 Å². The molecule has 0 aliphatic carbocycles. The zero-order chi connectivity index (χ0) is 15.2. The van der Waals surface area contributed by atoms with Crippen molar-refractivity contribution in [2.75, 3.05) is 0 Å². The van der Waals surface area contributed by atoms with E-state index in [4.69, 9.17) is 16.3 Å². The fourth-order valence-corrected chi connectivity index (χ4v) is 2.04. The SMILES string of the molecule is CC(C)Oc1ccc(CNC(=O)c2ccncc2)cc1Cl. The van der Waals surface area contributed by atoms with Crippen molar-refractivity contribution in [2.24, 2.45) is 0 Å². The first-order chi connectivity index (χ1) is 10.1. The van der Waals surface area contributed by atoms with E-state index in [9.17, 15) is 4.79 Å². The number of nitrogens with zero attached hydrogens (tertiary/aromatic N) is 1. The van der Waals surface area contributed by atoms with Crippen molar-refractivity contribution in [1.29, 1.82) is 0 Å². The molecule has 0 saturated heterocycles. The van der Waals surface area contributed by atoms with Crippen LogP contribution in [0.2, 0.25) is 5.02 Å². The molecule has 0 saturated carbocycles. The number of carbonyl (C=O) groups excluding carboxylic acids is 1. The molecule has 1 aromatic heterocycles. The molecule has 0 fully saturated rings. The summed E-state index contributed by atoms with van der Waals surface area (Å²) in [7, 11) is 0. The average molecular weight is 305 g/mol. The summed E-state index contributed by atoms with van der Waals surface area (Å²) in [6.45, 7) is 4.29. The summed E-state index contributed by atoms with van der Waals surface area (Å²) >= 11 is 6.16. The maximum absolute atomic E-state index is 11.9. The summed E-state index contributed by atoms with van der Waals surface area (Å²) in [6.07, 6.45) is 3.24. The van der Waals surface area contributed by atoms with Gasteiger partial charge >= 0.3 is 0 Å². The number of aromatic nitrogens is 1. The van der Waals surface area contributed by atoms with Crippen molar-refractivity contribution in [3.63, 3.8) is 0 Å². The molecule has 0 aliphatic heterocycles. The zero-order valence-corrected chi connectivity index (χ0v) is 12.7. The first-order valence-electron chi connectivity index (χ1n) is 6.69. The Kier molecular flexibility index (Phi) is 5.17. The Morgan fingerprint density at radius 3 is 2.62 bits per heavy atom. The van der Waals surface area contributed by atoms with Crippen molar-refractivity contribution < 1.29 is 9.53 Å². The van der Waals surface area contributed by atoms with Crippen LogP contribution in [0.5, 0.6) is 5.75 Å². The van der Waals surface area contributed by atoms with E-state index in [0.717, 1.165) is 5.56 Å². The molecular formula is C16H17ClN2O2. The normalized spacial score (nSPS) is 10.5. The lowest BCUT2D eigenvalue weighted by Crippen LogP contribution is -2.22. The van der Waals surface area contributed by atoms with Crippen LogP contribution in [0.4, 0.5) is 0 Å². The van der Waals surface area contributed by atoms with Crippen LogP contribution in [0, 0.1) is 0 Å². The molecule has 0 radical (unpaired) electrons. The molecule has 0 bridgehead atoms. The third kappa shape index (κ3) is 4.46. The van der Waals surface area contributed by atoms with Crippen molar-refractivity contribution in [3.05, 3.63) is 58.9 Å². The summed E-state index contributed by atoms with van der Waals surface area (Å²) in [5.74, 6) is 0.506.